The summed E-state index contributed by atoms with van der Waals surface area (Å²) in [7, 11) is 0. The van der Waals surface area contributed by atoms with E-state index in [9.17, 15) is 0 Å². The van der Waals surface area contributed by atoms with Crippen molar-refractivity contribution in [2.75, 3.05) is 5.32 Å². The highest BCUT2D eigenvalue weighted by Crippen LogP contribution is 2.30. The number of benzene rings is 2. The Hall–Kier alpha value is -2.13. The third-order valence-electron chi connectivity index (χ3n) is 3.33. The van der Waals surface area contributed by atoms with Gasteiger partial charge in [0, 0.05) is 11.6 Å². The van der Waals surface area contributed by atoms with Crippen molar-refractivity contribution in [3.8, 4) is 0 Å². The van der Waals surface area contributed by atoms with Crippen LogP contribution in [0.2, 0.25) is 0 Å². The molecule has 0 saturated carbocycles. The number of thiazole rings is 1. The van der Waals surface area contributed by atoms with E-state index in [4.69, 9.17) is 0 Å². The lowest BCUT2D eigenvalue weighted by molar-refractivity contribution is 0.804. The molecule has 0 amide bonds. The van der Waals surface area contributed by atoms with Crippen molar-refractivity contribution in [2.24, 2.45) is 0 Å². The highest BCUT2D eigenvalue weighted by molar-refractivity contribution is 7.13. The Bertz CT molecular complexity index is 699. The van der Waals surface area contributed by atoms with Crippen LogP contribution in [0.5, 0.6) is 0 Å². The lowest BCUT2D eigenvalue weighted by atomic mass is 9.97. The molecule has 0 bridgehead atoms. The van der Waals surface area contributed by atoms with Gasteiger partial charge < -0.3 is 5.32 Å². The van der Waals surface area contributed by atoms with Gasteiger partial charge in [0.2, 0.25) is 0 Å². The number of nitrogens with zero attached hydrogens (tertiary/aromatic N) is 1. The highest BCUT2D eigenvalue weighted by Gasteiger charge is 2.13. The maximum absolute atomic E-state index is 4.32. The molecule has 1 aromatic heterocycles. The van der Waals surface area contributed by atoms with Crippen LogP contribution in [0.3, 0.4) is 0 Å². The molecule has 3 heteroatoms. The van der Waals surface area contributed by atoms with E-state index in [1.807, 2.05) is 17.7 Å². The zero-order valence-electron chi connectivity index (χ0n) is 11.1. The molecule has 2 nitrogen and oxygen atoms in total. The van der Waals surface area contributed by atoms with Gasteiger partial charge in [-0.3, -0.25) is 0 Å². The van der Waals surface area contributed by atoms with Gasteiger partial charge in [-0.1, -0.05) is 48.5 Å². The van der Waals surface area contributed by atoms with Crippen molar-refractivity contribution in [1.82, 2.24) is 4.98 Å². The number of fused-ring (bicyclic) bond motifs is 1. The summed E-state index contributed by atoms with van der Waals surface area (Å²) in [5.74, 6) is 0. The van der Waals surface area contributed by atoms with E-state index in [1.165, 1.54) is 16.3 Å². The number of hydrogen-bond donors (Lipinski definition) is 1. The van der Waals surface area contributed by atoms with Crippen molar-refractivity contribution in [1.29, 1.82) is 0 Å². The predicted octanol–water partition coefficient (Wildman–Crippen LogP) is 5.03. The Balaban J connectivity index is 2.02. The van der Waals surface area contributed by atoms with E-state index in [1.54, 1.807) is 11.3 Å². The Labute approximate surface area is 122 Å². The quantitative estimate of drug-likeness (QED) is 0.663. The van der Waals surface area contributed by atoms with Crippen LogP contribution in [0.1, 0.15) is 18.0 Å². The Morgan fingerprint density at radius 3 is 2.85 bits per heavy atom. The minimum absolute atomic E-state index is 0.199. The van der Waals surface area contributed by atoms with Crippen LogP contribution >= 0.6 is 11.3 Å². The number of aromatic nitrogens is 1. The van der Waals surface area contributed by atoms with Gasteiger partial charge in [0.1, 0.15) is 0 Å². The van der Waals surface area contributed by atoms with Crippen LogP contribution in [-0.2, 0) is 0 Å². The summed E-state index contributed by atoms with van der Waals surface area (Å²) < 4.78 is 0. The SMILES string of the molecule is C=CCC(Nc1nccs1)c1cccc2ccccc12. The number of hydrogen-bond acceptors (Lipinski definition) is 3. The van der Waals surface area contributed by atoms with Gasteiger partial charge in [-0.05, 0) is 22.8 Å². The minimum Gasteiger partial charge on any atom is -0.354 e. The van der Waals surface area contributed by atoms with Gasteiger partial charge in [0.15, 0.2) is 5.13 Å². The average molecular weight is 280 g/mol. The fourth-order valence-electron chi connectivity index (χ4n) is 2.43. The first-order chi connectivity index (χ1) is 9.88. The first kappa shape index (κ1) is 12.9. The van der Waals surface area contributed by atoms with Crippen molar-refractivity contribution >= 4 is 27.2 Å². The van der Waals surface area contributed by atoms with Gasteiger partial charge in [0.05, 0.1) is 6.04 Å². The van der Waals surface area contributed by atoms with Crippen molar-refractivity contribution in [2.45, 2.75) is 12.5 Å². The molecule has 20 heavy (non-hydrogen) atoms. The normalized spacial score (nSPS) is 12.2. The Morgan fingerprint density at radius 1 is 1.20 bits per heavy atom. The van der Waals surface area contributed by atoms with Crippen molar-refractivity contribution < 1.29 is 0 Å². The first-order valence-corrected chi connectivity index (χ1v) is 7.51. The number of nitrogens with one attached hydrogen (secondary N) is 1. The van der Waals surface area contributed by atoms with Gasteiger partial charge in [-0.25, -0.2) is 4.98 Å². The van der Waals surface area contributed by atoms with Crippen LogP contribution in [0, 0.1) is 0 Å². The maximum atomic E-state index is 4.32. The molecule has 0 aliphatic rings. The second kappa shape index (κ2) is 5.88. The summed E-state index contributed by atoms with van der Waals surface area (Å²) in [6.07, 6.45) is 4.64. The van der Waals surface area contributed by atoms with E-state index in [0.29, 0.717) is 0 Å². The molecule has 1 atom stereocenters. The standard InChI is InChI=1S/C17H16N2S/c1-2-6-16(19-17-18-11-12-20-17)15-10-5-8-13-7-3-4-9-14(13)15/h2-5,7-12,16H,1,6H2,(H,18,19). The molecule has 0 spiro atoms. The average Bonchev–Trinajstić information content (AvgIpc) is 2.99. The molecule has 1 N–H and O–H groups in total. The molecule has 0 aliphatic heterocycles. The van der Waals surface area contributed by atoms with Crippen LogP contribution < -0.4 is 5.32 Å². The monoisotopic (exact) mass is 280 g/mol. The lowest BCUT2D eigenvalue weighted by Crippen LogP contribution is -2.10. The zero-order chi connectivity index (χ0) is 13.8. The molecule has 2 aromatic carbocycles. The third-order valence-corrected chi connectivity index (χ3v) is 4.04. The van der Waals surface area contributed by atoms with E-state index in [0.717, 1.165) is 11.6 Å². The second-order valence-electron chi connectivity index (χ2n) is 4.63. The molecule has 0 fully saturated rings. The lowest BCUT2D eigenvalue weighted by Gasteiger charge is -2.19. The van der Waals surface area contributed by atoms with Gasteiger partial charge in [-0.15, -0.1) is 17.9 Å². The van der Waals surface area contributed by atoms with E-state index in [-0.39, 0.29) is 6.04 Å². The van der Waals surface area contributed by atoms with E-state index < -0.39 is 0 Å². The summed E-state index contributed by atoms with van der Waals surface area (Å²) in [6, 6.07) is 15.1. The highest BCUT2D eigenvalue weighted by atomic mass is 32.1. The number of rotatable bonds is 5. The predicted molar refractivity (Wildman–Crippen MR) is 87.2 cm³/mol. The Morgan fingerprint density at radius 2 is 2.05 bits per heavy atom. The number of anilines is 1. The smallest absolute Gasteiger partial charge is 0.183 e. The fourth-order valence-corrected chi connectivity index (χ4v) is 3.01. The largest absolute Gasteiger partial charge is 0.354 e. The molecule has 3 rings (SSSR count). The molecule has 3 aromatic rings. The van der Waals surface area contributed by atoms with Crippen LogP contribution in [0.25, 0.3) is 10.8 Å². The molecule has 1 unspecified atom stereocenters. The molecular weight excluding hydrogens is 264 g/mol. The summed E-state index contributed by atoms with van der Waals surface area (Å²) in [5, 5.41) is 8.98. The van der Waals surface area contributed by atoms with Crippen LogP contribution in [0.4, 0.5) is 5.13 Å². The topological polar surface area (TPSA) is 24.9 Å². The maximum Gasteiger partial charge on any atom is 0.183 e. The van der Waals surface area contributed by atoms with Gasteiger partial charge >= 0.3 is 0 Å². The first-order valence-electron chi connectivity index (χ1n) is 6.63. The molecule has 0 aliphatic carbocycles. The molecule has 1 heterocycles. The van der Waals surface area contributed by atoms with E-state index >= 15 is 0 Å². The van der Waals surface area contributed by atoms with Crippen molar-refractivity contribution in [3.63, 3.8) is 0 Å². The van der Waals surface area contributed by atoms with Crippen LogP contribution in [-0.4, -0.2) is 4.98 Å². The zero-order valence-corrected chi connectivity index (χ0v) is 11.9. The summed E-state index contributed by atoms with van der Waals surface area (Å²) in [6.45, 7) is 3.88. The minimum atomic E-state index is 0.199. The molecule has 100 valence electrons. The van der Waals surface area contributed by atoms with Crippen molar-refractivity contribution in [3.05, 3.63) is 72.3 Å². The van der Waals surface area contributed by atoms with Gasteiger partial charge in [-0.2, -0.15) is 0 Å². The summed E-state index contributed by atoms with van der Waals surface area (Å²) in [4.78, 5) is 4.32. The van der Waals surface area contributed by atoms with Gasteiger partial charge in [0.25, 0.3) is 0 Å². The third kappa shape index (κ3) is 2.58. The second-order valence-corrected chi connectivity index (χ2v) is 5.52. The fraction of sp³-hybridized carbons (Fsp3) is 0.118. The molecular formula is C17H16N2S. The molecule has 0 saturated heterocycles. The molecule has 0 radical (unpaired) electrons. The Kier molecular flexibility index (Phi) is 3.79. The summed E-state index contributed by atoms with van der Waals surface area (Å²) in [5.41, 5.74) is 1.29. The van der Waals surface area contributed by atoms with E-state index in [2.05, 4.69) is 59.3 Å². The summed E-state index contributed by atoms with van der Waals surface area (Å²) >= 11 is 1.62. The van der Waals surface area contributed by atoms with Crippen LogP contribution in [0.15, 0.2) is 66.7 Å².